The largest absolute Gasteiger partial charge is 0.496 e. The summed E-state index contributed by atoms with van der Waals surface area (Å²) in [5.74, 6) is 0.328. The van der Waals surface area contributed by atoms with E-state index >= 15 is 0 Å². The van der Waals surface area contributed by atoms with E-state index in [4.69, 9.17) is 4.74 Å². The molecule has 0 aliphatic heterocycles. The van der Waals surface area contributed by atoms with Gasteiger partial charge in [0, 0.05) is 17.8 Å². The Morgan fingerprint density at radius 2 is 2.13 bits per heavy atom. The summed E-state index contributed by atoms with van der Waals surface area (Å²) in [6.45, 7) is 0. The number of aromatic nitrogens is 4. The number of rotatable bonds is 4. The monoisotopic (exact) mass is 335 g/mol. The van der Waals surface area contributed by atoms with Gasteiger partial charge in [-0.25, -0.2) is 23.2 Å². The first-order valence-corrected chi connectivity index (χ1v) is 7.99. The molecule has 0 saturated heterocycles. The van der Waals surface area contributed by atoms with E-state index in [2.05, 4.69) is 19.9 Å². The van der Waals surface area contributed by atoms with Crippen LogP contribution in [0.25, 0.3) is 16.9 Å². The highest BCUT2D eigenvalue weighted by atomic mass is 32.2. The third-order valence-electron chi connectivity index (χ3n) is 3.31. The number of aromatic amines is 1. The van der Waals surface area contributed by atoms with E-state index < -0.39 is 15.6 Å². The molecule has 23 heavy (non-hydrogen) atoms. The number of imidazole rings is 1. The van der Waals surface area contributed by atoms with Crippen LogP contribution in [-0.2, 0) is 10.0 Å². The smallest absolute Gasteiger partial charge is 0.307 e. The summed E-state index contributed by atoms with van der Waals surface area (Å²) >= 11 is 0. The Morgan fingerprint density at radius 1 is 1.35 bits per heavy atom. The summed E-state index contributed by atoms with van der Waals surface area (Å²) in [6.07, 6.45) is 3.03. The minimum atomic E-state index is -3.58. The highest BCUT2D eigenvalue weighted by Crippen LogP contribution is 2.31. The van der Waals surface area contributed by atoms with Crippen LogP contribution < -0.4 is 15.0 Å². The predicted molar refractivity (Wildman–Crippen MR) is 81.8 cm³/mol. The minimum Gasteiger partial charge on any atom is -0.496 e. The van der Waals surface area contributed by atoms with Crippen LogP contribution in [0.1, 0.15) is 0 Å². The zero-order valence-electron chi connectivity index (χ0n) is 12.3. The molecule has 0 spiro atoms. The lowest BCUT2D eigenvalue weighted by atomic mass is 10.1. The molecule has 0 atom stereocenters. The Balaban J connectivity index is 2.19. The third kappa shape index (κ3) is 2.58. The van der Waals surface area contributed by atoms with Gasteiger partial charge in [0.15, 0.2) is 0 Å². The van der Waals surface area contributed by atoms with Crippen molar-refractivity contribution in [3.05, 3.63) is 41.1 Å². The first-order valence-electron chi connectivity index (χ1n) is 6.50. The fourth-order valence-corrected chi connectivity index (χ4v) is 2.89. The normalized spacial score (nSPS) is 11.7. The van der Waals surface area contributed by atoms with E-state index in [1.165, 1.54) is 37.0 Å². The quantitative estimate of drug-likeness (QED) is 0.693. The number of H-pyrrole nitrogens is 1. The molecule has 120 valence electrons. The maximum absolute atomic E-state index is 11.9. The van der Waals surface area contributed by atoms with Crippen molar-refractivity contribution in [1.29, 1.82) is 0 Å². The van der Waals surface area contributed by atoms with Gasteiger partial charge < -0.3 is 4.74 Å². The van der Waals surface area contributed by atoms with Gasteiger partial charge in [-0.15, -0.1) is 0 Å². The van der Waals surface area contributed by atoms with Gasteiger partial charge in [-0.3, -0.25) is 9.20 Å². The second kappa shape index (κ2) is 5.48. The van der Waals surface area contributed by atoms with Crippen LogP contribution in [0, 0.1) is 0 Å². The van der Waals surface area contributed by atoms with E-state index in [1.807, 2.05) is 0 Å². The number of benzene rings is 1. The summed E-state index contributed by atoms with van der Waals surface area (Å²) in [5.41, 5.74) is 0.787. The number of ether oxygens (including phenoxy) is 1. The molecule has 2 N–H and O–H groups in total. The Kier molecular flexibility index (Phi) is 3.62. The molecule has 0 aliphatic rings. The van der Waals surface area contributed by atoms with E-state index in [1.54, 1.807) is 12.3 Å². The fourth-order valence-electron chi connectivity index (χ4n) is 2.15. The Hall–Kier alpha value is -2.72. The van der Waals surface area contributed by atoms with Gasteiger partial charge in [-0.2, -0.15) is 5.10 Å². The average Bonchev–Trinajstić information content (AvgIpc) is 2.99. The topological polar surface area (TPSA) is 118 Å². The molecule has 0 saturated carbocycles. The van der Waals surface area contributed by atoms with E-state index in [9.17, 15) is 13.2 Å². The van der Waals surface area contributed by atoms with E-state index in [0.717, 1.165) is 0 Å². The van der Waals surface area contributed by atoms with Crippen molar-refractivity contribution in [2.45, 2.75) is 4.90 Å². The van der Waals surface area contributed by atoms with Gasteiger partial charge >= 0.3 is 5.56 Å². The van der Waals surface area contributed by atoms with Crippen molar-refractivity contribution in [2.24, 2.45) is 0 Å². The van der Waals surface area contributed by atoms with Crippen LogP contribution in [0.2, 0.25) is 0 Å². The molecule has 3 rings (SSSR count). The maximum atomic E-state index is 11.9. The molecule has 0 radical (unpaired) electrons. The predicted octanol–water partition coefficient (Wildman–Crippen LogP) is 0.00130. The lowest BCUT2D eigenvalue weighted by Gasteiger charge is -2.09. The van der Waals surface area contributed by atoms with Crippen LogP contribution in [0.5, 0.6) is 5.75 Å². The highest BCUT2D eigenvalue weighted by Gasteiger charge is 2.17. The Morgan fingerprint density at radius 3 is 2.78 bits per heavy atom. The van der Waals surface area contributed by atoms with E-state index in [-0.39, 0.29) is 10.5 Å². The van der Waals surface area contributed by atoms with Gasteiger partial charge in [-0.05, 0) is 19.2 Å². The zero-order chi connectivity index (χ0) is 16.6. The second-order valence-corrected chi connectivity index (χ2v) is 6.50. The molecule has 0 unspecified atom stereocenters. The number of nitrogens with zero attached hydrogens (tertiary/aromatic N) is 3. The molecule has 10 heteroatoms. The van der Waals surface area contributed by atoms with Gasteiger partial charge in [0.05, 0.1) is 17.7 Å². The molecule has 9 nitrogen and oxygen atoms in total. The molecule has 2 aromatic heterocycles. The summed E-state index contributed by atoms with van der Waals surface area (Å²) in [5, 5.41) is 5.98. The summed E-state index contributed by atoms with van der Waals surface area (Å²) in [7, 11) is -0.822. The number of methoxy groups -OCH3 is 1. The molecule has 3 aromatic rings. The zero-order valence-corrected chi connectivity index (χ0v) is 13.1. The van der Waals surface area contributed by atoms with Gasteiger partial charge in [-0.1, -0.05) is 0 Å². The van der Waals surface area contributed by atoms with Crippen molar-refractivity contribution < 1.29 is 13.2 Å². The van der Waals surface area contributed by atoms with Gasteiger partial charge in [0.1, 0.15) is 12.1 Å². The SMILES string of the molecule is CNS(=O)(=O)c1ccc(-c2cn3cn[nH]c(=O)c3n2)c(OC)c1. The first-order chi connectivity index (χ1) is 11.0. The fraction of sp³-hybridized carbons (Fsp3) is 0.154. The van der Waals surface area contributed by atoms with Gasteiger partial charge in [0.25, 0.3) is 0 Å². The highest BCUT2D eigenvalue weighted by molar-refractivity contribution is 7.89. The number of hydrogen-bond acceptors (Lipinski definition) is 6. The summed E-state index contributed by atoms with van der Waals surface area (Å²) in [4.78, 5) is 16.0. The van der Waals surface area contributed by atoms with E-state index in [0.29, 0.717) is 17.0 Å². The first kappa shape index (κ1) is 15.2. The van der Waals surface area contributed by atoms with Crippen LogP contribution >= 0.6 is 0 Å². The molecular weight excluding hydrogens is 322 g/mol. The van der Waals surface area contributed by atoms with Crippen LogP contribution in [0.4, 0.5) is 0 Å². The maximum Gasteiger partial charge on any atom is 0.307 e. The van der Waals surface area contributed by atoms with Crippen LogP contribution in [0.15, 0.2) is 40.4 Å². The van der Waals surface area contributed by atoms with Crippen molar-refractivity contribution in [2.75, 3.05) is 14.2 Å². The number of nitrogens with one attached hydrogen (secondary N) is 2. The van der Waals surface area contributed by atoms with Crippen molar-refractivity contribution >= 4 is 15.7 Å². The molecular formula is C13H13N5O4S. The molecule has 2 heterocycles. The molecule has 1 aromatic carbocycles. The number of fused-ring (bicyclic) bond motifs is 1. The lowest BCUT2D eigenvalue weighted by molar-refractivity contribution is 0.415. The Bertz CT molecular complexity index is 1040. The van der Waals surface area contributed by atoms with Crippen molar-refractivity contribution in [1.82, 2.24) is 24.3 Å². The molecule has 0 amide bonds. The summed E-state index contributed by atoms with van der Waals surface area (Å²) in [6, 6.07) is 4.41. The lowest BCUT2D eigenvalue weighted by Crippen LogP contribution is -2.18. The van der Waals surface area contributed by atoms with Crippen molar-refractivity contribution in [3.8, 4) is 17.0 Å². The number of sulfonamides is 1. The second-order valence-electron chi connectivity index (χ2n) is 4.61. The summed E-state index contributed by atoms with van der Waals surface area (Å²) < 4.78 is 32.7. The molecule has 0 aliphatic carbocycles. The van der Waals surface area contributed by atoms with Crippen LogP contribution in [-0.4, -0.2) is 42.2 Å². The minimum absolute atomic E-state index is 0.0730. The van der Waals surface area contributed by atoms with Gasteiger partial charge in [0.2, 0.25) is 15.7 Å². The molecule has 0 bridgehead atoms. The van der Waals surface area contributed by atoms with Crippen LogP contribution in [0.3, 0.4) is 0 Å². The molecule has 0 fully saturated rings. The van der Waals surface area contributed by atoms with Crippen molar-refractivity contribution in [3.63, 3.8) is 0 Å². The standard InChI is InChI=1S/C13H13N5O4S/c1-14-23(20,21)8-3-4-9(11(5-8)22-2)10-6-18-7-15-17-13(19)12(18)16-10/h3-7,14H,1-2H3,(H,17,19). The number of hydrogen-bond donors (Lipinski definition) is 2. The third-order valence-corrected chi connectivity index (χ3v) is 4.72. The average molecular weight is 335 g/mol. The Labute approximate surface area is 131 Å².